The summed E-state index contributed by atoms with van der Waals surface area (Å²) in [7, 11) is -0.0186. The molecule has 1 aromatic carbocycles. The van der Waals surface area contributed by atoms with Crippen LogP contribution in [-0.4, -0.2) is 58.8 Å². The topological polar surface area (TPSA) is 78.9 Å². The molecule has 0 atom stereocenters. The molecule has 0 fully saturated rings. The molecule has 1 aromatic rings. The second kappa shape index (κ2) is 8.45. The second-order valence-electron chi connectivity index (χ2n) is 4.89. The van der Waals surface area contributed by atoms with Crippen LogP contribution in [0.5, 0.6) is 0 Å². The van der Waals surface area contributed by atoms with Crippen LogP contribution in [0.3, 0.4) is 0 Å². The zero-order chi connectivity index (χ0) is 15.9. The van der Waals surface area contributed by atoms with Crippen LogP contribution in [0.1, 0.15) is 11.1 Å². The molecular weight excluding hydrogens is 292 g/mol. The summed E-state index contributed by atoms with van der Waals surface area (Å²) in [4.78, 5) is 2.21. The van der Waals surface area contributed by atoms with E-state index in [-0.39, 0.29) is 11.5 Å². The third-order valence-electron chi connectivity index (χ3n) is 3.32. The monoisotopic (exact) mass is 316 g/mol. The fraction of sp³-hybridized carbons (Fsp3) is 0.571. The lowest BCUT2D eigenvalue weighted by Crippen LogP contribution is -2.34. The summed E-state index contributed by atoms with van der Waals surface area (Å²) in [5.41, 5.74) is 1.20. The maximum absolute atomic E-state index is 12.3. The van der Waals surface area contributed by atoms with Crippen LogP contribution in [0, 0.1) is 6.92 Å². The number of likely N-dealkylation sites (N-methyl/N-ethyl adjacent to an activating group) is 1. The molecule has 0 aliphatic carbocycles. The predicted molar refractivity (Wildman–Crippen MR) is 81.7 cm³/mol. The SMILES string of the molecule is COCCN(C)CCNS(=O)(=O)c1cccc(CO)c1C. The second-order valence-corrected chi connectivity index (χ2v) is 6.63. The summed E-state index contributed by atoms with van der Waals surface area (Å²) < 4.78 is 32.1. The quantitative estimate of drug-likeness (QED) is 0.687. The number of aliphatic hydroxyl groups is 1. The van der Waals surface area contributed by atoms with E-state index in [1.165, 1.54) is 0 Å². The minimum atomic E-state index is -3.56. The van der Waals surface area contributed by atoms with Gasteiger partial charge in [0.2, 0.25) is 10.0 Å². The maximum atomic E-state index is 12.3. The highest BCUT2D eigenvalue weighted by Crippen LogP contribution is 2.18. The molecule has 0 amide bonds. The molecule has 0 aliphatic rings. The van der Waals surface area contributed by atoms with E-state index in [1.54, 1.807) is 32.2 Å². The highest BCUT2D eigenvalue weighted by atomic mass is 32.2. The number of methoxy groups -OCH3 is 1. The van der Waals surface area contributed by atoms with Gasteiger partial charge in [0.05, 0.1) is 18.1 Å². The zero-order valence-corrected chi connectivity index (χ0v) is 13.6. The van der Waals surface area contributed by atoms with Gasteiger partial charge in [-0.15, -0.1) is 0 Å². The summed E-state index contributed by atoms with van der Waals surface area (Å²) in [6, 6.07) is 4.90. The first-order chi connectivity index (χ1) is 9.92. The Hall–Kier alpha value is -0.990. The van der Waals surface area contributed by atoms with E-state index >= 15 is 0 Å². The lowest BCUT2D eigenvalue weighted by atomic mass is 10.1. The molecular formula is C14H24N2O4S. The van der Waals surface area contributed by atoms with Crippen LogP contribution in [0.2, 0.25) is 0 Å². The fourth-order valence-electron chi connectivity index (χ4n) is 1.93. The van der Waals surface area contributed by atoms with Crippen LogP contribution in [-0.2, 0) is 21.4 Å². The molecule has 0 radical (unpaired) electrons. The first-order valence-electron chi connectivity index (χ1n) is 6.79. The van der Waals surface area contributed by atoms with Crippen molar-refractivity contribution in [3.05, 3.63) is 29.3 Å². The van der Waals surface area contributed by atoms with Gasteiger partial charge >= 0.3 is 0 Å². The van der Waals surface area contributed by atoms with Crippen molar-refractivity contribution in [1.82, 2.24) is 9.62 Å². The largest absolute Gasteiger partial charge is 0.392 e. The Labute approximate surface area is 126 Å². The number of ether oxygens (including phenoxy) is 1. The summed E-state index contributed by atoms with van der Waals surface area (Å²) in [6.45, 7) is 3.81. The van der Waals surface area contributed by atoms with Gasteiger partial charge in [0.25, 0.3) is 0 Å². The normalized spacial score (nSPS) is 12.0. The van der Waals surface area contributed by atoms with Crippen molar-refractivity contribution in [3.63, 3.8) is 0 Å². The van der Waals surface area contributed by atoms with E-state index in [1.807, 2.05) is 11.9 Å². The van der Waals surface area contributed by atoms with Gasteiger partial charge in [-0.1, -0.05) is 12.1 Å². The van der Waals surface area contributed by atoms with Gasteiger partial charge in [-0.2, -0.15) is 0 Å². The Balaban J connectivity index is 2.66. The number of hydrogen-bond acceptors (Lipinski definition) is 5. The molecule has 0 unspecified atom stereocenters. The summed E-state index contributed by atoms with van der Waals surface area (Å²) in [6.07, 6.45) is 0. The molecule has 1 rings (SSSR count). The molecule has 7 heteroatoms. The highest BCUT2D eigenvalue weighted by Gasteiger charge is 2.17. The van der Waals surface area contributed by atoms with Crippen LogP contribution in [0.4, 0.5) is 0 Å². The molecule has 0 saturated carbocycles. The van der Waals surface area contributed by atoms with E-state index in [9.17, 15) is 13.5 Å². The van der Waals surface area contributed by atoms with E-state index in [4.69, 9.17) is 4.74 Å². The van der Waals surface area contributed by atoms with Gasteiger partial charge in [0, 0.05) is 26.7 Å². The van der Waals surface area contributed by atoms with E-state index in [2.05, 4.69) is 4.72 Å². The van der Waals surface area contributed by atoms with Gasteiger partial charge in [-0.25, -0.2) is 13.1 Å². The number of benzene rings is 1. The Bertz CT molecular complexity index is 546. The number of aliphatic hydroxyl groups excluding tert-OH is 1. The minimum Gasteiger partial charge on any atom is -0.392 e. The number of hydrogen-bond donors (Lipinski definition) is 2. The molecule has 0 heterocycles. The minimum absolute atomic E-state index is 0.172. The van der Waals surface area contributed by atoms with E-state index in [0.717, 1.165) is 6.54 Å². The Morgan fingerprint density at radius 3 is 2.67 bits per heavy atom. The molecule has 0 saturated heterocycles. The van der Waals surface area contributed by atoms with E-state index in [0.29, 0.717) is 30.8 Å². The first kappa shape index (κ1) is 18.1. The molecule has 0 aromatic heterocycles. The highest BCUT2D eigenvalue weighted by molar-refractivity contribution is 7.89. The summed E-state index contributed by atoms with van der Waals surface area (Å²) >= 11 is 0. The zero-order valence-electron chi connectivity index (χ0n) is 12.8. The van der Waals surface area contributed by atoms with Gasteiger partial charge in [-0.3, -0.25) is 0 Å². The first-order valence-corrected chi connectivity index (χ1v) is 8.27. The third-order valence-corrected chi connectivity index (χ3v) is 4.92. The van der Waals surface area contributed by atoms with Crippen molar-refractivity contribution in [2.75, 3.05) is 40.4 Å². The maximum Gasteiger partial charge on any atom is 0.240 e. The Morgan fingerprint density at radius 1 is 1.33 bits per heavy atom. The van der Waals surface area contributed by atoms with Crippen molar-refractivity contribution in [1.29, 1.82) is 0 Å². The van der Waals surface area contributed by atoms with Crippen molar-refractivity contribution >= 4 is 10.0 Å². The number of sulfonamides is 1. The third kappa shape index (κ3) is 5.37. The smallest absolute Gasteiger partial charge is 0.240 e. The predicted octanol–water partition coefficient (Wildman–Crippen LogP) is 0.344. The van der Waals surface area contributed by atoms with E-state index < -0.39 is 10.0 Å². The summed E-state index contributed by atoms with van der Waals surface area (Å²) in [5, 5.41) is 9.21. The standard InChI is InChI=1S/C14H24N2O4S/c1-12-13(11-17)5-4-6-14(12)21(18,19)15-7-8-16(2)9-10-20-3/h4-6,15,17H,7-11H2,1-3H3. The number of nitrogens with one attached hydrogen (secondary N) is 1. The number of nitrogens with zero attached hydrogens (tertiary/aromatic N) is 1. The van der Waals surface area contributed by atoms with Gasteiger partial charge in [-0.05, 0) is 31.2 Å². The molecule has 6 nitrogen and oxygen atoms in total. The van der Waals surface area contributed by atoms with Crippen molar-refractivity contribution in [3.8, 4) is 0 Å². The van der Waals surface area contributed by atoms with Crippen LogP contribution in [0.25, 0.3) is 0 Å². The molecule has 120 valence electrons. The average molecular weight is 316 g/mol. The van der Waals surface area contributed by atoms with Gasteiger partial charge in [0.15, 0.2) is 0 Å². The molecule has 0 aliphatic heterocycles. The number of rotatable bonds is 9. The van der Waals surface area contributed by atoms with Crippen molar-refractivity contribution in [2.24, 2.45) is 0 Å². The molecule has 0 spiro atoms. The average Bonchev–Trinajstić information content (AvgIpc) is 2.45. The van der Waals surface area contributed by atoms with Crippen LogP contribution >= 0.6 is 0 Å². The Kier molecular flexibility index (Phi) is 7.27. The molecule has 2 N–H and O–H groups in total. The Morgan fingerprint density at radius 2 is 2.05 bits per heavy atom. The van der Waals surface area contributed by atoms with Crippen LogP contribution in [0.15, 0.2) is 23.1 Å². The molecule has 0 bridgehead atoms. The lowest BCUT2D eigenvalue weighted by molar-refractivity contribution is 0.162. The molecule has 21 heavy (non-hydrogen) atoms. The van der Waals surface area contributed by atoms with Crippen molar-refractivity contribution < 1.29 is 18.3 Å². The fourth-order valence-corrected chi connectivity index (χ4v) is 3.24. The van der Waals surface area contributed by atoms with Crippen LogP contribution < -0.4 is 4.72 Å². The summed E-state index contributed by atoms with van der Waals surface area (Å²) in [5.74, 6) is 0. The van der Waals surface area contributed by atoms with Crippen molar-refractivity contribution in [2.45, 2.75) is 18.4 Å². The lowest BCUT2D eigenvalue weighted by Gasteiger charge is -2.17. The van der Waals surface area contributed by atoms with Gasteiger partial charge in [0.1, 0.15) is 0 Å². The van der Waals surface area contributed by atoms with Gasteiger partial charge < -0.3 is 14.7 Å².